The third-order valence-corrected chi connectivity index (χ3v) is 3.90. The maximum Gasteiger partial charge on any atom is 0.377 e. The lowest BCUT2D eigenvalue weighted by Crippen LogP contribution is -2.47. The molecule has 14 nitrogen and oxygen atoms in total. The highest BCUT2D eigenvalue weighted by Gasteiger charge is 2.47. The molecule has 14 heteroatoms. The second-order valence-corrected chi connectivity index (χ2v) is 7.64. The Morgan fingerprint density at radius 3 is 2.00 bits per heavy atom. The van der Waals surface area contributed by atoms with Gasteiger partial charge in [-0.3, -0.25) is 14.4 Å². The van der Waals surface area contributed by atoms with Gasteiger partial charge in [-0.1, -0.05) is 6.92 Å². The van der Waals surface area contributed by atoms with Crippen LogP contribution in [0.4, 0.5) is 0 Å². The molecule has 3 atom stereocenters. The minimum absolute atomic E-state index is 0.103. The molecule has 3 N–H and O–H groups in total. The number of quaternary nitrogens is 1. The molecule has 0 saturated carbocycles. The zero-order valence-electron chi connectivity index (χ0n) is 18.1. The number of carbonyl (C=O) groups is 6. The van der Waals surface area contributed by atoms with Crippen LogP contribution in [0.1, 0.15) is 26.2 Å². The Labute approximate surface area is 183 Å². The van der Waals surface area contributed by atoms with Gasteiger partial charge in [0.2, 0.25) is 5.60 Å². The third-order valence-electron chi connectivity index (χ3n) is 3.90. The number of carbonyl (C=O) groups excluding carboxylic acids is 3. The molecule has 0 heterocycles. The summed E-state index contributed by atoms with van der Waals surface area (Å²) in [6, 6.07) is 0. The van der Waals surface area contributed by atoms with E-state index in [1.165, 1.54) is 6.92 Å². The van der Waals surface area contributed by atoms with Crippen LogP contribution in [0.25, 0.3) is 0 Å². The van der Waals surface area contributed by atoms with E-state index in [0.29, 0.717) is 11.0 Å². The Hall–Kier alpha value is -3.26. The Bertz CT molecular complexity index is 714. The second-order valence-electron chi connectivity index (χ2n) is 7.64. The topological polar surface area (TPSA) is 200 Å². The van der Waals surface area contributed by atoms with Crippen LogP contribution in [-0.2, 0) is 47.7 Å². The predicted octanol–water partition coefficient (Wildman–Crippen LogP) is -1.15. The lowest BCUT2D eigenvalue weighted by atomic mass is 9.95. The maximum absolute atomic E-state index is 12.3. The van der Waals surface area contributed by atoms with Gasteiger partial charge in [-0.15, -0.1) is 0 Å². The summed E-state index contributed by atoms with van der Waals surface area (Å²) in [5.74, 6) is -7.92. The van der Waals surface area contributed by atoms with Gasteiger partial charge in [-0.2, -0.15) is 0 Å². The first-order chi connectivity index (χ1) is 14.7. The Balaban J connectivity index is 5.59. The van der Waals surface area contributed by atoms with Crippen LogP contribution < -0.4 is 0 Å². The van der Waals surface area contributed by atoms with Crippen LogP contribution in [0.2, 0.25) is 0 Å². The van der Waals surface area contributed by atoms with Crippen LogP contribution in [0.15, 0.2) is 0 Å². The molecule has 0 amide bonds. The van der Waals surface area contributed by atoms with Gasteiger partial charge in [0.25, 0.3) is 6.47 Å². The lowest BCUT2D eigenvalue weighted by molar-refractivity contribution is -0.870. The number of carboxylic acid groups (broad SMARTS) is 3. The molecule has 0 spiro atoms. The van der Waals surface area contributed by atoms with Crippen LogP contribution in [0.5, 0.6) is 0 Å². The van der Waals surface area contributed by atoms with Crippen molar-refractivity contribution in [2.75, 3.05) is 34.3 Å². The highest BCUT2D eigenvalue weighted by atomic mass is 16.7. The third kappa shape index (κ3) is 10.2. The van der Waals surface area contributed by atoms with Crippen molar-refractivity contribution in [1.82, 2.24) is 0 Å². The van der Waals surface area contributed by atoms with E-state index in [1.807, 2.05) is 0 Å². The van der Waals surface area contributed by atoms with Crippen LogP contribution in [-0.4, -0.2) is 108 Å². The van der Waals surface area contributed by atoms with E-state index in [2.05, 4.69) is 4.74 Å². The maximum atomic E-state index is 12.3. The fourth-order valence-electron chi connectivity index (χ4n) is 2.17. The van der Waals surface area contributed by atoms with Crippen LogP contribution in [0.3, 0.4) is 0 Å². The Kier molecular flexibility index (Phi) is 11.3. The monoisotopic (exact) mass is 466 g/mol. The van der Waals surface area contributed by atoms with Crippen molar-refractivity contribution >= 4 is 36.3 Å². The molecule has 0 aliphatic rings. The zero-order chi connectivity index (χ0) is 25.1. The van der Waals surface area contributed by atoms with Crippen molar-refractivity contribution in [1.29, 1.82) is 0 Å². The smallest absolute Gasteiger partial charge is 0.377 e. The first kappa shape index (κ1) is 28.7. The van der Waals surface area contributed by atoms with Gasteiger partial charge < -0.3 is 38.8 Å². The van der Waals surface area contributed by atoms with E-state index in [4.69, 9.17) is 24.4 Å². The first-order valence-corrected chi connectivity index (χ1v) is 9.29. The molecule has 0 radical (unpaired) electrons. The molecule has 0 bridgehead atoms. The minimum atomic E-state index is -2.80. The zero-order valence-corrected chi connectivity index (χ0v) is 18.1. The number of hydrogen-bond acceptors (Lipinski definition) is 10. The summed E-state index contributed by atoms with van der Waals surface area (Å²) >= 11 is 0. The molecule has 0 saturated heterocycles. The van der Waals surface area contributed by atoms with Crippen LogP contribution >= 0.6 is 0 Å². The second kappa shape index (κ2) is 12.6. The summed E-state index contributed by atoms with van der Waals surface area (Å²) in [6.45, 7) is 1.26. The molecular weight excluding hydrogens is 438 g/mol. The molecule has 0 aromatic carbocycles. The number of hydrogen-bond donors (Lipinski definition) is 3. The quantitative estimate of drug-likeness (QED) is 0.0810. The molecule has 3 unspecified atom stereocenters. The Morgan fingerprint density at radius 2 is 1.59 bits per heavy atom. The number of carboxylic acids is 3. The molecular formula is C18H28NO13+. The van der Waals surface area contributed by atoms with E-state index in [0.717, 1.165) is 0 Å². The van der Waals surface area contributed by atoms with E-state index < -0.39 is 60.7 Å². The molecule has 0 rings (SSSR count). The molecule has 0 aliphatic carbocycles. The van der Waals surface area contributed by atoms with Gasteiger partial charge in [0.1, 0.15) is 13.2 Å². The van der Waals surface area contributed by atoms with Crippen LogP contribution in [0, 0.1) is 0 Å². The van der Waals surface area contributed by atoms with E-state index in [9.17, 15) is 33.9 Å². The van der Waals surface area contributed by atoms with Gasteiger partial charge >= 0.3 is 36.1 Å². The highest BCUT2D eigenvalue weighted by molar-refractivity contribution is 5.90. The SMILES string of the molecule is CCC(OC(=O)C(OCC[N+](C)(C)C)OC(=O)CC(CC(=O)O)(OC=O)C(=O)O)C(=O)O. The van der Waals surface area contributed by atoms with Gasteiger partial charge in [-0.25, -0.2) is 14.4 Å². The summed E-state index contributed by atoms with van der Waals surface area (Å²) in [4.78, 5) is 68.9. The summed E-state index contributed by atoms with van der Waals surface area (Å²) in [5.41, 5.74) is -2.80. The Morgan fingerprint density at radius 1 is 1.00 bits per heavy atom. The van der Waals surface area contributed by atoms with E-state index in [1.54, 1.807) is 21.1 Å². The van der Waals surface area contributed by atoms with Gasteiger partial charge in [0.15, 0.2) is 6.10 Å². The predicted molar refractivity (Wildman–Crippen MR) is 101 cm³/mol. The number of rotatable bonds is 16. The first-order valence-electron chi connectivity index (χ1n) is 9.29. The summed E-state index contributed by atoms with van der Waals surface area (Å²) in [7, 11) is 5.39. The molecule has 0 aliphatic heterocycles. The molecule has 0 fully saturated rings. The van der Waals surface area contributed by atoms with Crippen molar-refractivity contribution in [3.63, 3.8) is 0 Å². The summed E-state index contributed by atoms with van der Waals surface area (Å²) < 4.78 is 19.5. The number of aliphatic carboxylic acids is 3. The normalized spacial score (nSPS) is 14.9. The lowest BCUT2D eigenvalue weighted by Gasteiger charge is -2.27. The fourth-order valence-corrected chi connectivity index (χ4v) is 2.17. The summed E-state index contributed by atoms with van der Waals surface area (Å²) in [5, 5.41) is 27.2. The van der Waals surface area contributed by atoms with Gasteiger partial charge in [-0.05, 0) is 6.42 Å². The number of ether oxygens (including phenoxy) is 4. The number of nitrogens with zero attached hydrogens (tertiary/aromatic N) is 1. The molecule has 0 aromatic heterocycles. The average molecular weight is 466 g/mol. The summed E-state index contributed by atoms with van der Waals surface area (Å²) in [6.07, 6.45) is -6.28. The van der Waals surface area contributed by atoms with Crippen molar-refractivity contribution in [3.05, 3.63) is 0 Å². The average Bonchev–Trinajstić information content (AvgIpc) is 2.63. The fraction of sp³-hybridized carbons (Fsp3) is 0.667. The van der Waals surface area contributed by atoms with Crippen molar-refractivity contribution in [3.8, 4) is 0 Å². The standard InChI is InChI=1S/C18H27NO13/c1-5-11(14(24)25)31-15(26)16(29-7-6-19(2,3)4)32-13(23)9-18(17(27)28,30-10-20)8-12(21)22/h10-11,16H,5-9H2,1-4H3,(H2-,21,22,24,25,27,28)/p+1. The molecule has 0 aromatic rings. The van der Waals surface area contributed by atoms with Gasteiger partial charge in [0.05, 0.1) is 34.0 Å². The number of esters is 2. The minimum Gasteiger partial charge on any atom is -0.481 e. The van der Waals surface area contributed by atoms with E-state index >= 15 is 0 Å². The van der Waals surface area contributed by atoms with Crippen molar-refractivity contribution in [2.45, 2.75) is 44.2 Å². The van der Waals surface area contributed by atoms with E-state index in [-0.39, 0.29) is 19.5 Å². The number of likely N-dealkylation sites (N-methyl/N-ethyl adjacent to an activating group) is 1. The largest absolute Gasteiger partial charge is 0.481 e. The molecule has 32 heavy (non-hydrogen) atoms. The van der Waals surface area contributed by atoms with Crippen molar-refractivity contribution in [2.24, 2.45) is 0 Å². The van der Waals surface area contributed by atoms with Crippen molar-refractivity contribution < 1.29 is 67.5 Å². The highest BCUT2D eigenvalue weighted by Crippen LogP contribution is 2.22. The van der Waals surface area contributed by atoms with Gasteiger partial charge in [0, 0.05) is 0 Å². The molecule has 182 valence electrons.